The Labute approximate surface area is 96.6 Å². The number of imidazole rings is 1. The highest BCUT2D eigenvalue weighted by molar-refractivity contribution is 5.76. The number of hydrogen-bond donors (Lipinski definition) is 2. The summed E-state index contributed by atoms with van der Waals surface area (Å²) >= 11 is 0. The second-order valence-corrected chi connectivity index (χ2v) is 3.91. The Morgan fingerprint density at radius 3 is 3.00 bits per heavy atom. The molecule has 84 valence electrons. The van der Waals surface area contributed by atoms with E-state index in [1.54, 1.807) is 18.5 Å². The Morgan fingerprint density at radius 2 is 2.18 bits per heavy atom. The lowest BCUT2D eigenvalue weighted by Crippen LogP contribution is -2.02. The number of rotatable bonds is 1. The fourth-order valence-electron chi connectivity index (χ4n) is 1.73. The van der Waals surface area contributed by atoms with Gasteiger partial charge in [0.1, 0.15) is 5.82 Å². The molecule has 5 heteroatoms. The van der Waals surface area contributed by atoms with Crippen LogP contribution < -0.4 is 5.56 Å². The molecule has 0 aliphatic heterocycles. The van der Waals surface area contributed by atoms with Crippen molar-refractivity contribution in [2.75, 3.05) is 0 Å². The molecule has 0 aliphatic rings. The smallest absolute Gasteiger partial charge is 0.248 e. The van der Waals surface area contributed by atoms with Gasteiger partial charge in [-0.15, -0.1) is 0 Å². The summed E-state index contributed by atoms with van der Waals surface area (Å²) in [7, 11) is 0. The van der Waals surface area contributed by atoms with E-state index in [-0.39, 0.29) is 5.56 Å². The first-order chi connectivity index (χ1) is 8.22. The quantitative estimate of drug-likeness (QED) is 0.662. The van der Waals surface area contributed by atoms with Crippen LogP contribution in [-0.2, 0) is 0 Å². The average Bonchev–Trinajstić information content (AvgIpc) is 2.72. The molecule has 0 aromatic carbocycles. The second-order valence-electron chi connectivity index (χ2n) is 3.91. The van der Waals surface area contributed by atoms with E-state index < -0.39 is 0 Å². The van der Waals surface area contributed by atoms with Crippen LogP contribution in [0.25, 0.3) is 22.6 Å². The van der Waals surface area contributed by atoms with Gasteiger partial charge in [0, 0.05) is 24.0 Å². The van der Waals surface area contributed by atoms with E-state index in [9.17, 15) is 4.79 Å². The van der Waals surface area contributed by atoms with E-state index in [1.807, 2.05) is 13.0 Å². The van der Waals surface area contributed by atoms with Gasteiger partial charge < -0.3 is 9.97 Å². The minimum absolute atomic E-state index is 0.146. The number of nitrogens with one attached hydrogen (secondary N) is 2. The molecule has 0 bridgehead atoms. The number of aromatic amines is 2. The van der Waals surface area contributed by atoms with Gasteiger partial charge in [0.2, 0.25) is 5.56 Å². The minimum Gasteiger partial charge on any atom is -0.337 e. The summed E-state index contributed by atoms with van der Waals surface area (Å²) in [6.07, 6.45) is 3.37. The Morgan fingerprint density at radius 1 is 1.29 bits per heavy atom. The average molecular weight is 226 g/mol. The second kappa shape index (κ2) is 3.55. The van der Waals surface area contributed by atoms with Crippen LogP contribution in [0.1, 0.15) is 5.56 Å². The van der Waals surface area contributed by atoms with Crippen LogP contribution in [0.3, 0.4) is 0 Å². The Bertz CT molecular complexity index is 741. The molecule has 3 heterocycles. The van der Waals surface area contributed by atoms with Crippen molar-refractivity contribution in [1.82, 2.24) is 19.9 Å². The van der Waals surface area contributed by atoms with Gasteiger partial charge in [-0.3, -0.25) is 4.79 Å². The fourth-order valence-corrected chi connectivity index (χ4v) is 1.73. The van der Waals surface area contributed by atoms with Crippen molar-refractivity contribution in [3.05, 3.63) is 46.5 Å². The zero-order chi connectivity index (χ0) is 11.8. The summed E-state index contributed by atoms with van der Waals surface area (Å²) in [6.45, 7) is 1.97. The van der Waals surface area contributed by atoms with Crippen molar-refractivity contribution in [2.24, 2.45) is 0 Å². The predicted octanol–water partition coefficient (Wildman–Crippen LogP) is 1.62. The summed E-state index contributed by atoms with van der Waals surface area (Å²) in [5.41, 5.74) is 3.21. The Balaban J connectivity index is 2.21. The molecule has 0 saturated carbocycles. The van der Waals surface area contributed by atoms with E-state index in [0.29, 0.717) is 11.5 Å². The molecule has 0 radical (unpaired) electrons. The highest BCUT2D eigenvalue weighted by atomic mass is 16.1. The number of fused-ring (bicyclic) bond motifs is 1. The molecule has 2 N–H and O–H groups in total. The normalized spacial score (nSPS) is 10.9. The van der Waals surface area contributed by atoms with Gasteiger partial charge in [-0.2, -0.15) is 0 Å². The van der Waals surface area contributed by atoms with Crippen molar-refractivity contribution in [3.63, 3.8) is 0 Å². The van der Waals surface area contributed by atoms with Gasteiger partial charge in [-0.05, 0) is 24.6 Å². The first-order valence-corrected chi connectivity index (χ1v) is 5.24. The summed E-state index contributed by atoms with van der Waals surface area (Å²) < 4.78 is 0. The number of aromatic nitrogens is 4. The van der Waals surface area contributed by atoms with Gasteiger partial charge in [0.15, 0.2) is 5.65 Å². The monoisotopic (exact) mass is 226 g/mol. The molecule has 3 rings (SSSR count). The summed E-state index contributed by atoms with van der Waals surface area (Å²) in [4.78, 5) is 25.5. The maximum absolute atomic E-state index is 11.2. The van der Waals surface area contributed by atoms with Crippen LogP contribution >= 0.6 is 0 Å². The zero-order valence-electron chi connectivity index (χ0n) is 9.19. The minimum atomic E-state index is -0.146. The maximum Gasteiger partial charge on any atom is 0.248 e. The molecule has 0 amide bonds. The molecule has 0 fully saturated rings. The Hall–Kier alpha value is -2.43. The fraction of sp³-hybridized carbons (Fsp3) is 0.0833. The van der Waals surface area contributed by atoms with Crippen LogP contribution in [0, 0.1) is 6.92 Å². The van der Waals surface area contributed by atoms with Crippen molar-refractivity contribution in [3.8, 4) is 11.4 Å². The van der Waals surface area contributed by atoms with E-state index in [1.165, 1.54) is 6.07 Å². The molecule has 3 aromatic heterocycles. The van der Waals surface area contributed by atoms with Gasteiger partial charge in [0.25, 0.3) is 0 Å². The number of pyridine rings is 2. The van der Waals surface area contributed by atoms with E-state index in [2.05, 4.69) is 19.9 Å². The van der Waals surface area contributed by atoms with E-state index in [0.717, 1.165) is 16.6 Å². The molecule has 3 aromatic rings. The van der Waals surface area contributed by atoms with E-state index in [4.69, 9.17) is 0 Å². The maximum atomic E-state index is 11.2. The molecule has 0 aliphatic carbocycles. The van der Waals surface area contributed by atoms with Gasteiger partial charge in [-0.25, -0.2) is 9.97 Å². The highest BCUT2D eigenvalue weighted by Gasteiger charge is 2.06. The van der Waals surface area contributed by atoms with Crippen LogP contribution in [-0.4, -0.2) is 19.9 Å². The van der Waals surface area contributed by atoms with Crippen molar-refractivity contribution in [2.45, 2.75) is 6.92 Å². The third kappa shape index (κ3) is 1.71. The van der Waals surface area contributed by atoms with Crippen LogP contribution in [0.4, 0.5) is 0 Å². The van der Waals surface area contributed by atoms with Gasteiger partial charge in [0.05, 0.1) is 5.52 Å². The van der Waals surface area contributed by atoms with Crippen molar-refractivity contribution in [1.29, 1.82) is 0 Å². The molecule has 0 unspecified atom stereocenters. The lowest BCUT2D eigenvalue weighted by molar-refractivity contribution is 1.22. The standard InChI is InChI=1S/C12H10N4O/c1-7-4-9-12(14-6-7)16-11(15-9)8-2-3-13-10(17)5-8/h2-6H,1H3,(H,13,17)(H,14,15,16). The topological polar surface area (TPSA) is 74.4 Å². The SMILES string of the molecule is Cc1cnc2nc(-c3cc[nH]c(=O)c3)[nH]c2c1. The van der Waals surface area contributed by atoms with Gasteiger partial charge in [-0.1, -0.05) is 0 Å². The molecule has 17 heavy (non-hydrogen) atoms. The van der Waals surface area contributed by atoms with Crippen LogP contribution in [0.15, 0.2) is 35.4 Å². The lowest BCUT2D eigenvalue weighted by Gasteiger charge is -1.93. The van der Waals surface area contributed by atoms with E-state index >= 15 is 0 Å². The third-order valence-electron chi connectivity index (χ3n) is 2.52. The summed E-state index contributed by atoms with van der Waals surface area (Å²) in [6, 6.07) is 5.28. The number of H-pyrrole nitrogens is 2. The Kier molecular flexibility index (Phi) is 2.04. The highest BCUT2D eigenvalue weighted by Crippen LogP contribution is 2.17. The number of nitrogens with zero attached hydrogens (tertiary/aromatic N) is 2. The van der Waals surface area contributed by atoms with Gasteiger partial charge >= 0.3 is 0 Å². The van der Waals surface area contributed by atoms with Crippen molar-refractivity contribution < 1.29 is 0 Å². The first kappa shape index (κ1) is 9.77. The molecule has 0 atom stereocenters. The molecule has 5 nitrogen and oxygen atoms in total. The molecular formula is C12H10N4O. The van der Waals surface area contributed by atoms with Crippen molar-refractivity contribution >= 4 is 11.2 Å². The summed E-state index contributed by atoms with van der Waals surface area (Å²) in [5, 5.41) is 0. The number of aryl methyl sites for hydroxylation is 1. The molecule has 0 saturated heterocycles. The lowest BCUT2D eigenvalue weighted by atomic mass is 10.2. The summed E-state index contributed by atoms with van der Waals surface area (Å²) in [5.74, 6) is 0.657. The number of hydrogen-bond acceptors (Lipinski definition) is 3. The molecular weight excluding hydrogens is 216 g/mol. The first-order valence-electron chi connectivity index (χ1n) is 5.24. The third-order valence-corrected chi connectivity index (χ3v) is 2.52. The van der Waals surface area contributed by atoms with Crippen LogP contribution in [0.2, 0.25) is 0 Å². The largest absolute Gasteiger partial charge is 0.337 e. The molecule has 0 spiro atoms. The zero-order valence-corrected chi connectivity index (χ0v) is 9.19. The van der Waals surface area contributed by atoms with Crippen LogP contribution in [0.5, 0.6) is 0 Å². The predicted molar refractivity (Wildman–Crippen MR) is 64.7 cm³/mol.